The molecule has 0 bridgehead atoms. The van der Waals surface area contributed by atoms with Crippen molar-refractivity contribution in [3.63, 3.8) is 0 Å². The molecule has 0 fully saturated rings. The molecule has 2 rings (SSSR count). The fourth-order valence-electron chi connectivity index (χ4n) is 1.14. The molecule has 0 aliphatic rings. The van der Waals surface area contributed by atoms with Gasteiger partial charge in [0.1, 0.15) is 5.69 Å². The molecule has 0 saturated carbocycles. The zero-order valence-electron chi connectivity index (χ0n) is 7.51. The van der Waals surface area contributed by atoms with Crippen LogP contribution in [0.25, 0.3) is 0 Å². The lowest BCUT2D eigenvalue weighted by Gasteiger charge is -2.03. The maximum Gasteiger partial charge on any atom is 0.105 e. The maximum absolute atomic E-state index is 6.02. The third-order valence-electron chi connectivity index (χ3n) is 1.83. The maximum atomic E-state index is 6.02. The molecule has 0 aliphatic carbocycles. The van der Waals surface area contributed by atoms with Crippen LogP contribution in [0.5, 0.6) is 0 Å². The average molecular weight is 273 g/mol. The Bertz CT molecular complexity index is 396. The summed E-state index contributed by atoms with van der Waals surface area (Å²) in [6.45, 7) is 0. The molecule has 1 atom stereocenters. The number of thiophene rings is 1. The van der Waals surface area contributed by atoms with Crippen LogP contribution in [0.4, 0.5) is 0 Å². The number of nitrogens with two attached hydrogens (primary N) is 1. The van der Waals surface area contributed by atoms with Crippen LogP contribution in [0.3, 0.4) is 0 Å². The summed E-state index contributed by atoms with van der Waals surface area (Å²) in [6, 6.07) is 1.82. The van der Waals surface area contributed by atoms with E-state index in [1.165, 1.54) is 4.80 Å². The van der Waals surface area contributed by atoms with Gasteiger partial charge in [0.25, 0.3) is 0 Å². The second-order valence-corrected chi connectivity index (χ2v) is 4.76. The van der Waals surface area contributed by atoms with Crippen molar-refractivity contribution in [2.75, 3.05) is 0 Å². The van der Waals surface area contributed by atoms with Crippen molar-refractivity contribution in [2.24, 2.45) is 12.8 Å². The van der Waals surface area contributed by atoms with Crippen molar-refractivity contribution < 1.29 is 0 Å². The van der Waals surface area contributed by atoms with Crippen molar-refractivity contribution in [1.29, 1.82) is 0 Å². The first kappa shape index (κ1) is 9.82. The summed E-state index contributed by atoms with van der Waals surface area (Å²) >= 11 is 5.00. The summed E-state index contributed by atoms with van der Waals surface area (Å²) in [4.78, 5) is 2.59. The fourth-order valence-corrected chi connectivity index (χ4v) is 2.60. The Kier molecular flexibility index (Phi) is 2.66. The smallest absolute Gasteiger partial charge is 0.105 e. The number of hydrogen-bond donors (Lipinski definition) is 1. The van der Waals surface area contributed by atoms with Gasteiger partial charge in [-0.1, -0.05) is 0 Å². The lowest BCUT2D eigenvalue weighted by atomic mass is 10.2. The highest BCUT2D eigenvalue weighted by Crippen LogP contribution is 2.27. The van der Waals surface area contributed by atoms with Crippen LogP contribution < -0.4 is 5.73 Å². The Morgan fingerprint density at radius 1 is 1.64 bits per heavy atom. The van der Waals surface area contributed by atoms with Crippen molar-refractivity contribution in [2.45, 2.75) is 6.04 Å². The highest BCUT2D eigenvalue weighted by molar-refractivity contribution is 9.10. The Morgan fingerprint density at radius 3 is 2.93 bits per heavy atom. The molecule has 2 N–H and O–H groups in total. The third kappa shape index (κ3) is 1.87. The lowest BCUT2D eigenvalue weighted by Crippen LogP contribution is -2.11. The van der Waals surface area contributed by atoms with Crippen LogP contribution in [0.15, 0.2) is 22.1 Å². The second kappa shape index (κ2) is 3.80. The highest BCUT2D eigenvalue weighted by atomic mass is 79.9. The summed E-state index contributed by atoms with van der Waals surface area (Å²) in [6.07, 6.45) is 1.69. The molecule has 0 radical (unpaired) electrons. The van der Waals surface area contributed by atoms with E-state index in [-0.39, 0.29) is 6.04 Å². The summed E-state index contributed by atoms with van der Waals surface area (Å²) in [5.74, 6) is 0. The molecule has 0 aliphatic heterocycles. The van der Waals surface area contributed by atoms with Gasteiger partial charge in [0, 0.05) is 21.8 Å². The minimum Gasteiger partial charge on any atom is -0.318 e. The molecule has 2 aromatic heterocycles. The van der Waals surface area contributed by atoms with E-state index in [0.717, 1.165) is 15.0 Å². The van der Waals surface area contributed by atoms with Crippen LogP contribution in [-0.4, -0.2) is 15.0 Å². The SMILES string of the molecule is Cn1ncc(C(N)c2cc(Br)cs2)n1. The van der Waals surface area contributed by atoms with Crippen LogP contribution in [0.2, 0.25) is 0 Å². The van der Waals surface area contributed by atoms with Gasteiger partial charge < -0.3 is 5.73 Å². The zero-order valence-corrected chi connectivity index (χ0v) is 9.92. The molecule has 1 unspecified atom stereocenters. The van der Waals surface area contributed by atoms with E-state index in [0.29, 0.717) is 0 Å². The standard InChI is InChI=1S/C8H9BrN4S/c1-13-11-3-6(12-13)8(10)7-2-5(9)4-14-7/h2-4,8H,10H2,1H3. The van der Waals surface area contributed by atoms with E-state index in [9.17, 15) is 0 Å². The number of nitrogens with zero attached hydrogens (tertiary/aromatic N) is 3. The first-order valence-electron chi connectivity index (χ1n) is 4.02. The van der Waals surface area contributed by atoms with Gasteiger partial charge in [-0.15, -0.1) is 11.3 Å². The molecule has 0 spiro atoms. The van der Waals surface area contributed by atoms with E-state index in [2.05, 4.69) is 26.1 Å². The predicted octanol–water partition coefficient (Wildman–Crippen LogP) is 1.69. The van der Waals surface area contributed by atoms with Crippen molar-refractivity contribution in [3.05, 3.63) is 32.7 Å². The van der Waals surface area contributed by atoms with Crippen LogP contribution in [-0.2, 0) is 7.05 Å². The predicted molar refractivity (Wildman–Crippen MR) is 59.1 cm³/mol. The number of hydrogen-bond acceptors (Lipinski definition) is 4. The summed E-state index contributed by atoms with van der Waals surface area (Å²) in [5.41, 5.74) is 6.81. The van der Waals surface area contributed by atoms with Gasteiger partial charge in [0.15, 0.2) is 0 Å². The molecule has 0 amide bonds. The molecule has 6 heteroatoms. The average Bonchev–Trinajstić information content (AvgIpc) is 2.73. The Morgan fingerprint density at radius 2 is 2.43 bits per heavy atom. The Hall–Kier alpha value is -0.720. The van der Waals surface area contributed by atoms with Crippen molar-refractivity contribution in [3.8, 4) is 0 Å². The second-order valence-electron chi connectivity index (χ2n) is 2.90. The fraction of sp³-hybridized carbons (Fsp3) is 0.250. The van der Waals surface area contributed by atoms with Gasteiger partial charge in [0.05, 0.1) is 12.2 Å². The monoisotopic (exact) mass is 272 g/mol. The Balaban J connectivity index is 2.28. The summed E-state index contributed by atoms with van der Waals surface area (Å²) in [7, 11) is 1.78. The van der Waals surface area contributed by atoms with Crippen LogP contribution >= 0.6 is 27.3 Å². The molecular weight excluding hydrogens is 264 g/mol. The van der Waals surface area contributed by atoms with E-state index in [4.69, 9.17) is 5.73 Å². The lowest BCUT2D eigenvalue weighted by molar-refractivity contribution is 0.638. The van der Waals surface area contributed by atoms with E-state index < -0.39 is 0 Å². The summed E-state index contributed by atoms with van der Waals surface area (Å²) in [5, 5.41) is 10.2. The summed E-state index contributed by atoms with van der Waals surface area (Å²) < 4.78 is 1.05. The van der Waals surface area contributed by atoms with E-state index in [1.807, 2.05) is 11.4 Å². The first-order chi connectivity index (χ1) is 6.66. The van der Waals surface area contributed by atoms with Gasteiger partial charge in [-0.25, -0.2) is 0 Å². The van der Waals surface area contributed by atoms with Gasteiger partial charge >= 0.3 is 0 Å². The molecule has 2 heterocycles. The third-order valence-corrected chi connectivity index (χ3v) is 3.61. The quantitative estimate of drug-likeness (QED) is 0.905. The van der Waals surface area contributed by atoms with E-state index in [1.54, 1.807) is 24.6 Å². The van der Waals surface area contributed by atoms with Crippen molar-refractivity contribution in [1.82, 2.24) is 15.0 Å². The molecule has 2 aromatic rings. The number of halogens is 1. The highest BCUT2D eigenvalue weighted by Gasteiger charge is 2.13. The van der Waals surface area contributed by atoms with Crippen molar-refractivity contribution >= 4 is 27.3 Å². The molecular formula is C8H9BrN4S. The van der Waals surface area contributed by atoms with Crippen LogP contribution in [0.1, 0.15) is 16.6 Å². The van der Waals surface area contributed by atoms with Gasteiger partial charge in [0.2, 0.25) is 0 Å². The molecule has 0 saturated heterocycles. The molecule has 74 valence electrons. The Labute approximate surface area is 93.9 Å². The zero-order chi connectivity index (χ0) is 10.1. The molecule has 14 heavy (non-hydrogen) atoms. The normalized spacial score (nSPS) is 13.1. The number of aryl methyl sites for hydroxylation is 1. The van der Waals surface area contributed by atoms with Gasteiger partial charge in [-0.05, 0) is 22.0 Å². The first-order valence-corrected chi connectivity index (χ1v) is 5.70. The van der Waals surface area contributed by atoms with Crippen LogP contribution in [0, 0.1) is 0 Å². The van der Waals surface area contributed by atoms with Gasteiger partial charge in [-0.2, -0.15) is 15.0 Å². The minimum absolute atomic E-state index is 0.181. The molecule has 4 nitrogen and oxygen atoms in total. The minimum atomic E-state index is -0.181. The molecule has 0 aromatic carbocycles. The van der Waals surface area contributed by atoms with E-state index >= 15 is 0 Å². The largest absolute Gasteiger partial charge is 0.318 e. The topological polar surface area (TPSA) is 56.7 Å². The van der Waals surface area contributed by atoms with Gasteiger partial charge in [-0.3, -0.25) is 0 Å². The number of rotatable bonds is 2. The number of aromatic nitrogens is 3.